The van der Waals surface area contributed by atoms with Gasteiger partial charge in [-0.15, -0.1) is 0 Å². The number of hydrogen-bond donors (Lipinski definition) is 1. The van der Waals surface area contributed by atoms with E-state index >= 15 is 0 Å². The fourth-order valence-electron chi connectivity index (χ4n) is 0.118. The lowest BCUT2D eigenvalue weighted by Crippen LogP contribution is -1.57. The molecule has 0 aromatic rings. The Balaban J connectivity index is 0. The normalized spacial score (nSPS) is 9.56. The third kappa shape index (κ3) is 18.1. The van der Waals surface area contributed by atoms with Gasteiger partial charge in [-0.2, -0.15) is 12.6 Å². The Morgan fingerprint density at radius 1 is 1.67 bits per heavy atom. The van der Waals surface area contributed by atoms with Crippen molar-refractivity contribution in [3.05, 3.63) is 24.3 Å². The van der Waals surface area contributed by atoms with Gasteiger partial charge in [0.2, 0.25) is 0 Å². The topological polar surface area (TPSA) is 0 Å². The molecule has 0 heterocycles. The molecule has 0 nitrogen and oxygen atoms in total. The van der Waals surface area contributed by atoms with Crippen LogP contribution in [0.2, 0.25) is 0 Å². The van der Waals surface area contributed by atoms with Crippen LogP contribution in [0.15, 0.2) is 24.3 Å². The first-order valence-corrected chi connectivity index (χ1v) is 3.72. The van der Waals surface area contributed by atoms with Gasteiger partial charge in [-0.3, -0.25) is 0 Å². The minimum atomic E-state index is 0.944. The minimum Gasteiger partial charge on any atom is -0.180 e. The van der Waals surface area contributed by atoms with Crippen molar-refractivity contribution in [3.63, 3.8) is 0 Å². The molecule has 0 aliphatic heterocycles. The second-order valence-electron chi connectivity index (χ2n) is 1.55. The van der Waals surface area contributed by atoms with Crippen molar-refractivity contribution < 1.29 is 0 Å². The summed E-state index contributed by atoms with van der Waals surface area (Å²) in [5.74, 6) is 0.944. The van der Waals surface area contributed by atoms with Gasteiger partial charge in [-0.1, -0.05) is 31.2 Å². The Morgan fingerprint density at radius 2 is 2.00 bits per heavy atom. The molecule has 0 saturated carbocycles. The van der Waals surface area contributed by atoms with Gasteiger partial charge in [-0.05, 0) is 19.6 Å². The van der Waals surface area contributed by atoms with E-state index in [9.17, 15) is 0 Å². The summed E-state index contributed by atoms with van der Waals surface area (Å²) in [6.07, 6.45) is 3.85. The second-order valence-corrected chi connectivity index (χ2v) is 2.19. The van der Waals surface area contributed by atoms with Crippen LogP contribution in [0.3, 0.4) is 0 Å². The van der Waals surface area contributed by atoms with E-state index in [1.165, 1.54) is 5.57 Å². The van der Waals surface area contributed by atoms with E-state index in [-0.39, 0.29) is 0 Å². The van der Waals surface area contributed by atoms with Gasteiger partial charge in [0.1, 0.15) is 0 Å². The zero-order valence-electron chi connectivity index (χ0n) is 6.52. The number of hydrogen-bond acceptors (Lipinski definition) is 1. The van der Waals surface area contributed by atoms with Gasteiger partial charge in [0.05, 0.1) is 0 Å². The van der Waals surface area contributed by atoms with Crippen LogP contribution in [0.5, 0.6) is 0 Å². The summed E-state index contributed by atoms with van der Waals surface area (Å²) in [6, 6.07) is 0. The smallest absolute Gasteiger partial charge is 0.0126 e. The maximum atomic E-state index is 3.79. The summed E-state index contributed by atoms with van der Waals surface area (Å²) < 4.78 is 0. The maximum absolute atomic E-state index is 3.79. The summed E-state index contributed by atoms with van der Waals surface area (Å²) in [5, 5.41) is 0. The van der Waals surface area contributed by atoms with Crippen LogP contribution in [0.1, 0.15) is 20.8 Å². The highest BCUT2D eigenvalue weighted by Crippen LogP contribution is 1.88. The van der Waals surface area contributed by atoms with Crippen LogP contribution < -0.4 is 0 Å². The van der Waals surface area contributed by atoms with Gasteiger partial charge in [0, 0.05) is 0 Å². The molecule has 0 fully saturated rings. The van der Waals surface area contributed by atoms with E-state index in [0.717, 1.165) is 5.75 Å². The quantitative estimate of drug-likeness (QED) is 0.424. The highest BCUT2D eigenvalue weighted by atomic mass is 32.1. The summed E-state index contributed by atoms with van der Waals surface area (Å²) in [4.78, 5) is 0. The van der Waals surface area contributed by atoms with E-state index < -0.39 is 0 Å². The van der Waals surface area contributed by atoms with Crippen molar-refractivity contribution in [2.45, 2.75) is 20.8 Å². The number of allylic oxidation sites excluding steroid dienone is 3. The van der Waals surface area contributed by atoms with Gasteiger partial charge in [-0.25, -0.2) is 0 Å². The van der Waals surface area contributed by atoms with Gasteiger partial charge < -0.3 is 0 Å². The molecule has 0 aromatic carbocycles. The molecule has 9 heavy (non-hydrogen) atoms. The van der Waals surface area contributed by atoms with Crippen molar-refractivity contribution in [2.75, 3.05) is 5.75 Å². The summed E-state index contributed by atoms with van der Waals surface area (Å²) in [7, 11) is 0. The lowest BCUT2D eigenvalue weighted by atomic mass is 10.3. The van der Waals surface area contributed by atoms with Crippen LogP contribution in [0.25, 0.3) is 0 Å². The van der Waals surface area contributed by atoms with Crippen LogP contribution in [-0.4, -0.2) is 5.75 Å². The molecule has 1 heteroatoms. The molecule has 0 atom stereocenters. The van der Waals surface area contributed by atoms with Crippen molar-refractivity contribution >= 4 is 12.6 Å². The number of rotatable bonds is 1. The molecular weight excluding hydrogens is 128 g/mol. The molecule has 54 valence electrons. The lowest BCUT2D eigenvalue weighted by Gasteiger charge is -1.78. The fourth-order valence-corrected chi connectivity index (χ4v) is 0.118. The lowest BCUT2D eigenvalue weighted by molar-refractivity contribution is 1.49. The van der Waals surface area contributed by atoms with Crippen molar-refractivity contribution in [1.29, 1.82) is 0 Å². The summed E-state index contributed by atoms with van der Waals surface area (Å²) in [5.41, 5.74) is 1.23. The molecule has 0 spiro atoms. The Hall–Kier alpha value is -0.170. The van der Waals surface area contributed by atoms with Crippen LogP contribution >= 0.6 is 12.6 Å². The van der Waals surface area contributed by atoms with Crippen LogP contribution in [0, 0.1) is 0 Å². The number of thiol groups is 1. The molecule has 0 radical (unpaired) electrons. The summed E-state index contributed by atoms with van der Waals surface area (Å²) >= 11 is 3.79. The fraction of sp³-hybridized carbons (Fsp3) is 0.500. The highest BCUT2D eigenvalue weighted by Gasteiger charge is 1.66. The van der Waals surface area contributed by atoms with Crippen molar-refractivity contribution in [3.8, 4) is 0 Å². The van der Waals surface area contributed by atoms with E-state index in [1.54, 1.807) is 0 Å². The third-order valence-electron chi connectivity index (χ3n) is 0.777. The SMILES string of the molecule is C=C/C(C)=C\C.CCS. The van der Waals surface area contributed by atoms with Gasteiger partial charge in [0.15, 0.2) is 0 Å². The molecular formula is C8H16S. The minimum absolute atomic E-state index is 0.944. The Morgan fingerprint density at radius 3 is 2.00 bits per heavy atom. The van der Waals surface area contributed by atoms with Crippen LogP contribution in [-0.2, 0) is 0 Å². The maximum Gasteiger partial charge on any atom is -0.0126 e. The predicted molar refractivity (Wildman–Crippen MR) is 49.2 cm³/mol. The van der Waals surface area contributed by atoms with E-state index in [1.807, 2.05) is 32.9 Å². The van der Waals surface area contributed by atoms with Crippen molar-refractivity contribution in [1.82, 2.24) is 0 Å². The van der Waals surface area contributed by atoms with Gasteiger partial charge in [0.25, 0.3) is 0 Å². The molecule has 0 saturated heterocycles. The van der Waals surface area contributed by atoms with E-state index in [4.69, 9.17) is 0 Å². The molecule has 0 aliphatic rings. The summed E-state index contributed by atoms with van der Waals surface area (Å²) in [6.45, 7) is 9.57. The molecule has 0 unspecified atom stereocenters. The first-order chi connectivity index (χ1) is 4.22. The molecule has 0 bridgehead atoms. The van der Waals surface area contributed by atoms with Gasteiger partial charge >= 0.3 is 0 Å². The van der Waals surface area contributed by atoms with E-state index in [2.05, 4.69) is 19.2 Å². The molecule has 0 aliphatic carbocycles. The average molecular weight is 144 g/mol. The monoisotopic (exact) mass is 144 g/mol. The third-order valence-corrected chi connectivity index (χ3v) is 0.777. The zero-order chi connectivity index (χ0) is 7.70. The zero-order valence-corrected chi connectivity index (χ0v) is 7.41. The standard InChI is InChI=1S/C6H10.C2H6S/c1-4-6(3)5-2;1-2-3/h4-5H,1H2,2-3H3;3H,2H2,1H3/b6-5-;. The Bertz CT molecular complexity index is 82.6. The van der Waals surface area contributed by atoms with Crippen molar-refractivity contribution in [2.24, 2.45) is 0 Å². The molecule has 0 rings (SSSR count). The average Bonchev–Trinajstić information content (AvgIpc) is 1.88. The van der Waals surface area contributed by atoms with Crippen LogP contribution in [0.4, 0.5) is 0 Å². The first-order valence-electron chi connectivity index (χ1n) is 3.09. The van der Waals surface area contributed by atoms with E-state index in [0.29, 0.717) is 0 Å². The first kappa shape index (κ1) is 11.6. The largest absolute Gasteiger partial charge is 0.180 e. The molecule has 0 aromatic heterocycles. The molecule has 0 N–H and O–H groups in total. The predicted octanol–water partition coefficient (Wildman–Crippen LogP) is 3.07. The Kier molecular flexibility index (Phi) is 13.9. The molecule has 0 amide bonds. The second kappa shape index (κ2) is 10.7. The Labute approximate surface area is 64.1 Å². The highest BCUT2D eigenvalue weighted by molar-refractivity contribution is 7.80.